The molecule has 0 saturated carbocycles. The molecule has 0 bridgehead atoms. The lowest BCUT2D eigenvalue weighted by molar-refractivity contribution is -0.440. The summed E-state index contributed by atoms with van der Waals surface area (Å²) in [7, 11) is 0. The van der Waals surface area contributed by atoms with Crippen molar-refractivity contribution in [2.45, 2.75) is 38.7 Å². The summed E-state index contributed by atoms with van der Waals surface area (Å²) in [5, 5.41) is 0. The van der Waals surface area contributed by atoms with E-state index in [4.69, 9.17) is 28.4 Å². The molecule has 7 heteroatoms. The van der Waals surface area contributed by atoms with Crippen molar-refractivity contribution >= 4 is 11.4 Å². The quantitative estimate of drug-likeness (QED) is 0.491. The molecule has 0 aromatic heterocycles. The zero-order valence-corrected chi connectivity index (χ0v) is 20.0. The van der Waals surface area contributed by atoms with E-state index in [1.807, 2.05) is 0 Å². The highest BCUT2D eigenvalue weighted by Crippen LogP contribution is 2.39. The molecule has 3 rings (SSSR count). The Bertz CT molecular complexity index is 704. The molecule has 2 aliphatic rings. The van der Waals surface area contributed by atoms with Crippen LogP contribution in [0.5, 0.6) is 0 Å². The van der Waals surface area contributed by atoms with Gasteiger partial charge in [0.15, 0.2) is 12.3 Å². The van der Waals surface area contributed by atoms with E-state index in [2.05, 4.69) is 49.6 Å². The van der Waals surface area contributed by atoms with Crippen LogP contribution in [0.25, 0.3) is 0 Å². The molecule has 1 aromatic rings. The summed E-state index contributed by atoms with van der Waals surface area (Å²) in [5.74, 6) is 0. The first-order valence-electron chi connectivity index (χ1n) is 11.8. The van der Waals surface area contributed by atoms with Crippen molar-refractivity contribution in [2.24, 2.45) is 0 Å². The maximum atomic E-state index is 5.96. The highest BCUT2D eigenvalue weighted by atomic mass is 16.6. The lowest BCUT2D eigenvalue weighted by atomic mass is 9.82. The summed E-state index contributed by atoms with van der Waals surface area (Å²) in [4.78, 5) is 0. The Morgan fingerprint density at radius 1 is 0.906 bits per heavy atom. The van der Waals surface area contributed by atoms with E-state index < -0.39 is 0 Å². The van der Waals surface area contributed by atoms with Crippen molar-refractivity contribution < 1.29 is 33.0 Å². The average Bonchev–Trinajstić information content (AvgIpc) is 2.98. The molecule has 1 atom stereocenters. The van der Waals surface area contributed by atoms with Crippen LogP contribution in [0.1, 0.15) is 32.8 Å². The number of rotatable bonds is 6. The molecule has 32 heavy (non-hydrogen) atoms. The molecule has 1 aromatic carbocycles. The smallest absolute Gasteiger partial charge is 0.209 e. The monoisotopic (exact) mass is 450 g/mol. The minimum atomic E-state index is -0.111. The number of benzene rings is 1. The van der Waals surface area contributed by atoms with E-state index in [1.54, 1.807) is 0 Å². The zero-order chi connectivity index (χ0) is 22.7. The van der Waals surface area contributed by atoms with Crippen molar-refractivity contribution in [1.29, 1.82) is 0 Å². The SMILES string of the molecule is CC1=[N+](CCCOCC2COCCOCCOCCOCCO2)c2ccccc2C1(C)C. The van der Waals surface area contributed by atoms with Crippen molar-refractivity contribution in [2.75, 3.05) is 79.2 Å². The molecule has 2 aliphatic heterocycles. The second-order valence-electron chi connectivity index (χ2n) is 8.71. The molecule has 1 fully saturated rings. The van der Waals surface area contributed by atoms with Crippen molar-refractivity contribution in [1.82, 2.24) is 0 Å². The van der Waals surface area contributed by atoms with Gasteiger partial charge in [-0.15, -0.1) is 0 Å². The van der Waals surface area contributed by atoms with E-state index in [0.29, 0.717) is 72.7 Å². The maximum Gasteiger partial charge on any atom is 0.209 e. The number of hydrogen-bond acceptors (Lipinski definition) is 6. The second-order valence-corrected chi connectivity index (χ2v) is 8.71. The first-order valence-corrected chi connectivity index (χ1v) is 11.8. The van der Waals surface area contributed by atoms with Gasteiger partial charge in [0, 0.05) is 25.0 Å². The topological polar surface area (TPSA) is 58.4 Å². The predicted octanol–water partition coefficient (Wildman–Crippen LogP) is 2.95. The molecule has 2 heterocycles. The minimum Gasteiger partial charge on any atom is -0.378 e. The van der Waals surface area contributed by atoms with Crippen LogP contribution in [0.15, 0.2) is 24.3 Å². The Morgan fingerprint density at radius 2 is 1.53 bits per heavy atom. The lowest BCUT2D eigenvalue weighted by Crippen LogP contribution is -2.29. The first kappa shape index (κ1) is 25.3. The van der Waals surface area contributed by atoms with Crippen LogP contribution in [0.4, 0.5) is 5.69 Å². The van der Waals surface area contributed by atoms with E-state index in [-0.39, 0.29) is 11.5 Å². The van der Waals surface area contributed by atoms with Gasteiger partial charge in [-0.2, -0.15) is 4.58 Å². The maximum absolute atomic E-state index is 5.96. The van der Waals surface area contributed by atoms with E-state index >= 15 is 0 Å². The standard InChI is InChI=1S/C25H40NO6/c1-21-25(2,3)23-7-4-5-8-24(23)26(21)9-6-10-30-19-22-20-31-16-15-28-12-11-27-13-14-29-17-18-32-22/h4-5,7-8,22H,6,9-20H2,1-3H3/q+1. The Morgan fingerprint density at radius 3 is 2.25 bits per heavy atom. The van der Waals surface area contributed by atoms with Gasteiger partial charge in [0.05, 0.1) is 78.1 Å². The molecule has 0 N–H and O–H groups in total. The fourth-order valence-electron chi connectivity index (χ4n) is 4.07. The fourth-order valence-corrected chi connectivity index (χ4v) is 4.07. The Hall–Kier alpha value is -1.35. The summed E-state index contributed by atoms with van der Waals surface area (Å²) < 4.78 is 36.5. The van der Waals surface area contributed by atoms with Crippen LogP contribution in [-0.4, -0.2) is 95.6 Å². The second kappa shape index (κ2) is 13.4. The normalized spacial score (nSPS) is 23.4. The van der Waals surface area contributed by atoms with Gasteiger partial charge in [-0.25, -0.2) is 0 Å². The van der Waals surface area contributed by atoms with Crippen molar-refractivity contribution in [3.8, 4) is 0 Å². The molecule has 0 amide bonds. The summed E-state index contributed by atoms with van der Waals surface area (Å²) in [6.07, 6.45) is 0.839. The van der Waals surface area contributed by atoms with Crippen LogP contribution in [0.2, 0.25) is 0 Å². The molecule has 0 aliphatic carbocycles. The number of fused-ring (bicyclic) bond motifs is 1. The molecule has 180 valence electrons. The van der Waals surface area contributed by atoms with E-state index in [0.717, 1.165) is 13.0 Å². The van der Waals surface area contributed by atoms with Gasteiger partial charge < -0.3 is 28.4 Å². The number of ether oxygens (including phenoxy) is 6. The third kappa shape index (κ3) is 7.33. The van der Waals surface area contributed by atoms with Gasteiger partial charge in [-0.05, 0) is 13.8 Å². The number of nitrogens with zero attached hydrogens (tertiary/aromatic N) is 1. The fraction of sp³-hybridized carbons (Fsp3) is 0.720. The predicted molar refractivity (Wildman–Crippen MR) is 123 cm³/mol. The van der Waals surface area contributed by atoms with Gasteiger partial charge in [0.25, 0.3) is 0 Å². The van der Waals surface area contributed by atoms with Gasteiger partial charge in [-0.1, -0.05) is 18.2 Å². The minimum absolute atomic E-state index is 0.0745. The molecule has 1 saturated heterocycles. The van der Waals surface area contributed by atoms with Crippen LogP contribution >= 0.6 is 0 Å². The summed E-state index contributed by atoms with van der Waals surface area (Å²) in [6, 6.07) is 8.70. The average molecular weight is 451 g/mol. The van der Waals surface area contributed by atoms with Gasteiger partial charge in [0.1, 0.15) is 6.10 Å². The molecular formula is C25H40NO6+. The zero-order valence-electron chi connectivity index (χ0n) is 20.0. The third-order valence-corrected chi connectivity index (χ3v) is 6.15. The van der Waals surface area contributed by atoms with Gasteiger partial charge in [0.2, 0.25) is 5.69 Å². The molecule has 1 unspecified atom stereocenters. The Kier molecular flexibility index (Phi) is 10.6. The van der Waals surface area contributed by atoms with Crippen LogP contribution < -0.4 is 0 Å². The van der Waals surface area contributed by atoms with Crippen molar-refractivity contribution in [3.63, 3.8) is 0 Å². The first-order chi connectivity index (χ1) is 15.6. The van der Waals surface area contributed by atoms with E-state index in [9.17, 15) is 0 Å². The third-order valence-electron chi connectivity index (χ3n) is 6.15. The Balaban J connectivity index is 1.40. The summed E-state index contributed by atoms with van der Waals surface area (Å²) in [6.45, 7) is 13.9. The molecule has 0 radical (unpaired) electrons. The molecular weight excluding hydrogens is 410 g/mol. The largest absolute Gasteiger partial charge is 0.378 e. The summed E-state index contributed by atoms with van der Waals surface area (Å²) >= 11 is 0. The number of hydrogen-bond donors (Lipinski definition) is 0. The highest BCUT2D eigenvalue weighted by Gasteiger charge is 2.42. The number of para-hydroxylation sites is 1. The van der Waals surface area contributed by atoms with Gasteiger partial charge in [-0.3, -0.25) is 0 Å². The lowest BCUT2D eigenvalue weighted by Gasteiger charge is -2.18. The van der Waals surface area contributed by atoms with Crippen LogP contribution in [0, 0.1) is 0 Å². The highest BCUT2D eigenvalue weighted by molar-refractivity contribution is 5.93. The van der Waals surface area contributed by atoms with E-state index in [1.165, 1.54) is 17.0 Å². The summed E-state index contributed by atoms with van der Waals surface area (Å²) in [5.41, 5.74) is 4.19. The molecule has 7 nitrogen and oxygen atoms in total. The van der Waals surface area contributed by atoms with Crippen LogP contribution in [0.3, 0.4) is 0 Å². The Labute approximate surface area is 192 Å². The van der Waals surface area contributed by atoms with Crippen LogP contribution in [-0.2, 0) is 33.8 Å². The van der Waals surface area contributed by atoms with Crippen molar-refractivity contribution in [3.05, 3.63) is 29.8 Å². The van der Waals surface area contributed by atoms with Gasteiger partial charge >= 0.3 is 0 Å². The molecule has 0 spiro atoms.